The maximum Gasteiger partial charge on any atom is 0.274 e. The molecule has 25 heavy (non-hydrogen) atoms. The van der Waals surface area contributed by atoms with Crippen LogP contribution in [0.2, 0.25) is 5.02 Å². The highest BCUT2D eigenvalue weighted by atomic mass is 35.5. The quantitative estimate of drug-likeness (QED) is 0.758. The van der Waals surface area contributed by atoms with Crippen LogP contribution in [0.15, 0.2) is 34.9 Å². The molecule has 2 aromatic heterocycles. The van der Waals surface area contributed by atoms with Crippen LogP contribution in [0, 0.1) is 20.8 Å². The third kappa shape index (κ3) is 3.91. The van der Waals surface area contributed by atoms with E-state index in [9.17, 15) is 4.79 Å². The van der Waals surface area contributed by atoms with Crippen LogP contribution in [0.25, 0.3) is 0 Å². The monoisotopic (exact) mass is 358 g/mol. The second-order valence-electron chi connectivity index (χ2n) is 5.96. The zero-order valence-corrected chi connectivity index (χ0v) is 15.1. The summed E-state index contributed by atoms with van der Waals surface area (Å²) in [5.41, 5.74) is 3.93. The van der Waals surface area contributed by atoms with Crippen molar-refractivity contribution >= 4 is 17.5 Å². The van der Waals surface area contributed by atoms with Crippen molar-refractivity contribution in [2.75, 3.05) is 0 Å². The van der Waals surface area contributed by atoms with E-state index >= 15 is 0 Å². The minimum absolute atomic E-state index is 0.275. The minimum Gasteiger partial charge on any atom is -0.361 e. The molecular formula is C18H19ClN4O2. The van der Waals surface area contributed by atoms with Gasteiger partial charge in [0.15, 0.2) is 5.69 Å². The van der Waals surface area contributed by atoms with Crippen molar-refractivity contribution in [2.45, 2.75) is 33.9 Å². The first-order valence-corrected chi connectivity index (χ1v) is 8.30. The number of halogens is 1. The van der Waals surface area contributed by atoms with Gasteiger partial charge >= 0.3 is 0 Å². The number of carbonyl (C=O) groups excluding carboxylic acids is 1. The molecule has 130 valence electrons. The molecule has 1 aromatic carbocycles. The number of amides is 1. The van der Waals surface area contributed by atoms with Crippen molar-refractivity contribution in [3.8, 4) is 0 Å². The summed E-state index contributed by atoms with van der Waals surface area (Å²) in [6.07, 6.45) is 0. The number of benzene rings is 1. The summed E-state index contributed by atoms with van der Waals surface area (Å²) in [5.74, 6) is 0.340. The summed E-state index contributed by atoms with van der Waals surface area (Å²) >= 11 is 5.87. The third-order valence-electron chi connectivity index (χ3n) is 3.98. The van der Waals surface area contributed by atoms with Crippen LogP contribution in [-0.4, -0.2) is 20.8 Å². The molecule has 0 atom stereocenters. The Morgan fingerprint density at radius 2 is 1.96 bits per heavy atom. The largest absolute Gasteiger partial charge is 0.361 e. The molecule has 0 fully saturated rings. The maximum absolute atomic E-state index is 12.5. The van der Waals surface area contributed by atoms with Gasteiger partial charge in [-0.2, -0.15) is 5.10 Å². The molecule has 1 amide bonds. The van der Waals surface area contributed by atoms with Crippen molar-refractivity contribution < 1.29 is 9.32 Å². The van der Waals surface area contributed by atoms with Crippen LogP contribution >= 0.6 is 11.6 Å². The van der Waals surface area contributed by atoms with E-state index in [1.54, 1.807) is 19.1 Å². The van der Waals surface area contributed by atoms with E-state index in [0.29, 0.717) is 29.6 Å². The molecule has 3 rings (SSSR count). The van der Waals surface area contributed by atoms with Crippen LogP contribution in [0.1, 0.15) is 38.8 Å². The van der Waals surface area contributed by atoms with Gasteiger partial charge in [0.25, 0.3) is 5.91 Å². The first kappa shape index (κ1) is 17.2. The van der Waals surface area contributed by atoms with Crippen LogP contribution in [0.4, 0.5) is 0 Å². The van der Waals surface area contributed by atoms with Crippen molar-refractivity contribution in [3.63, 3.8) is 0 Å². The molecule has 0 aliphatic carbocycles. The van der Waals surface area contributed by atoms with Crippen molar-refractivity contribution in [1.82, 2.24) is 20.3 Å². The Kier molecular flexibility index (Phi) is 4.90. The van der Waals surface area contributed by atoms with Gasteiger partial charge in [0.05, 0.1) is 12.2 Å². The molecule has 1 N–H and O–H groups in total. The number of hydrogen-bond donors (Lipinski definition) is 1. The fraction of sp³-hybridized carbons (Fsp3) is 0.278. The summed E-state index contributed by atoms with van der Waals surface area (Å²) in [6.45, 7) is 6.54. The Labute approximate surface area is 150 Å². The van der Waals surface area contributed by atoms with Crippen molar-refractivity contribution in [1.29, 1.82) is 0 Å². The Morgan fingerprint density at radius 3 is 2.60 bits per heavy atom. The second-order valence-corrected chi connectivity index (χ2v) is 6.40. The molecule has 0 radical (unpaired) electrons. The first-order chi connectivity index (χ1) is 11.9. The molecule has 7 heteroatoms. The molecule has 0 bridgehead atoms. The number of hydrogen-bond acceptors (Lipinski definition) is 4. The van der Waals surface area contributed by atoms with Crippen LogP contribution in [0.5, 0.6) is 0 Å². The van der Waals surface area contributed by atoms with E-state index in [1.807, 2.05) is 36.7 Å². The highest BCUT2D eigenvalue weighted by Crippen LogP contribution is 2.17. The van der Waals surface area contributed by atoms with E-state index in [-0.39, 0.29) is 5.91 Å². The first-order valence-electron chi connectivity index (χ1n) is 7.93. The number of nitrogens with one attached hydrogen (secondary N) is 1. The van der Waals surface area contributed by atoms with Gasteiger partial charge in [0.1, 0.15) is 5.76 Å². The molecule has 0 saturated heterocycles. The van der Waals surface area contributed by atoms with E-state index in [2.05, 4.69) is 15.6 Å². The molecule has 0 saturated carbocycles. The van der Waals surface area contributed by atoms with Gasteiger partial charge in [0.2, 0.25) is 0 Å². The number of nitrogens with zero attached hydrogens (tertiary/aromatic N) is 3. The molecule has 3 aromatic rings. The predicted molar refractivity (Wildman–Crippen MR) is 94.7 cm³/mol. The van der Waals surface area contributed by atoms with Crippen LogP contribution in [0.3, 0.4) is 0 Å². The molecular weight excluding hydrogens is 340 g/mol. The van der Waals surface area contributed by atoms with Gasteiger partial charge in [-0.1, -0.05) is 28.9 Å². The summed E-state index contributed by atoms with van der Waals surface area (Å²) in [5, 5.41) is 11.9. The maximum atomic E-state index is 12.5. The van der Waals surface area contributed by atoms with Crippen molar-refractivity contribution in [3.05, 3.63) is 69.3 Å². The Bertz CT molecular complexity index is 896. The smallest absolute Gasteiger partial charge is 0.274 e. The minimum atomic E-state index is -0.275. The van der Waals surface area contributed by atoms with Gasteiger partial charge in [-0.25, -0.2) is 0 Å². The molecule has 6 nitrogen and oxygen atoms in total. The number of rotatable bonds is 5. The van der Waals surface area contributed by atoms with E-state index in [1.165, 1.54) is 0 Å². The van der Waals surface area contributed by atoms with Crippen LogP contribution in [-0.2, 0) is 13.1 Å². The van der Waals surface area contributed by atoms with E-state index in [0.717, 1.165) is 22.5 Å². The fourth-order valence-corrected chi connectivity index (χ4v) is 2.73. The highest BCUT2D eigenvalue weighted by Gasteiger charge is 2.20. The molecule has 0 spiro atoms. The molecule has 0 aliphatic rings. The third-order valence-corrected chi connectivity index (χ3v) is 4.23. The average molecular weight is 359 g/mol. The van der Waals surface area contributed by atoms with Crippen molar-refractivity contribution in [2.24, 2.45) is 0 Å². The lowest BCUT2D eigenvalue weighted by Gasteiger charge is -2.07. The van der Waals surface area contributed by atoms with Gasteiger partial charge in [-0.05, 0) is 44.5 Å². The number of carbonyl (C=O) groups is 1. The standard InChI is InChI=1S/C18H19ClN4O2/c1-11-8-12(2)23(21-11)10-16-13(3)25-22-17(16)18(24)20-9-14-4-6-15(19)7-5-14/h4-8H,9-10H2,1-3H3,(H,20,24). The van der Waals surface area contributed by atoms with Gasteiger partial charge in [0, 0.05) is 22.8 Å². The van der Waals surface area contributed by atoms with Gasteiger partial charge in [-0.3, -0.25) is 9.48 Å². The van der Waals surface area contributed by atoms with E-state index < -0.39 is 0 Å². The van der Waals surface area contributed by atoms with Gasteiger partial charge in [-0.15, -0.1) is 0 Å². The SMILES string of the molecule is Cc1cc(C)n(Cc2c(C(=O)NCc3ccc(Cl)cc3)noc2C)n1. The molecule has 0 unspecified atom stereocenters. The Morgan fingerprint density at radius 1 is 1.24 bits per heavy atom. The lowest BCUT2D eigenvalue weighted by molar-refractivity contribution is 0.0941. The zero-order chi connectivity index (χ0) is 18.0. The van der Waals surface area contributed by atoms with Gasteiger partial charge < -0.3 is 9.84 Å². The lowest BCUT2D eigenvalue weighted by Crippen LogP contribution is -2.24. The number of aryl methyl sites for hydroxylation is 3. The second kappa shape index (κ2) is 7.11. The predicted octanol–water partition coefficient (Wildman–Crippen LogP) is 3.43. The fourth-order valence-electron chi connectivity index (χ4n) is 2.61. The lowest BCUT2D eigenvalue weighted by atomic mass is 10.1. The zero-order valence-electron chi connectivity index (χ0n) is 14.3. The summed E-state index contributed by atoms with van der Waals surface area (Å²) in [6, 6.07) is 9.30. The average Bonchev–Trinajstić information content (AvgIpc) is 3.09. The molecule has 2 heterocycles. The Balaban J connectivity index is 1.74. The molecule has 0 aliphatic heterocycles. The summed E-state index contributed by atoms with van der Waals surface area (Å²) in [7, 11) is 0. The Hall–Kier alpha value is -2.60. The topological polar surface area (TPSA) is 73.0 Å². The summed E-state index contributed by atoms with van der Waals surface area (Å²) in [4.78, 5) is 12.5. The van der Waals surface area contributed by atoms with E-state index in [4.69, 9.17) is 16.1 Å². The highest BCUT2D eigenvalue weighted by molar-refractivity contribution is 6.30. The normalized spacial score (nSPS) is 10.9. The van der Waals surface area contributed by atoms with Crippen LogP contribution < -0.4 is 5.32 Å². The summed E-state index contributed by atoms with van der Waals surface area (Å²) < 4.78 is 7.07. The number of aromatic nitrogens is 3.